The summed E-state index contributed by atoms with van der Waals surface area (Å²) in [6.07, 6.45) is 1.90. The van der Waals surface area contributed by atoms with Crippen LogP contribution in [0.15, 0.2) is 85.1 Å². The molecule has 0 unspecified atom stereocenters. The number of hydrogen-bond acceptors (Lipinski definition) is 4. The van der Waals surface area contributed by atoms with Crippen molar-refractivity contribution in [3.63, 3.8) is 0 Å². The number of nitrogens with one attached hydrogen (secondary N) is 1. The predicted octanol–water partition coefficient (Wildman–Crippen LogP) is 5.35. The number of rotatable bonds is 8. The van der Waals surface area contributed by atoms with Gasteiger partial charge in [0.2, 0.25) is 11.9 Å². The number of amides is 2. The highest BCUT2D eigenvalue weighted by atomic mass is 16.5. The van der Waals surface area contributed by atoms with Gasteiger partial charge in [0.15, 0.2) is 0 Å². The van der Waals surface area contributed by atoms with Crippen molar-refractivity contribution < 1.29 is 14.3 Å². The molecule has 0 saturated carbocycles. The second-order valence-corrected chi connectivity index (χ2v) is 8.82. The number of carbonyl (C=O) groups is 2. The van der Waals surface area contributed by atoms with Crippen molar-refractivity contribution in [2.75, 3.05) is 19.0 Å². The van der Waals surface area contributed by atoms with E-state index >= 15 is 0 Å². The zero-order valence-corrected chi connectivity index (χ0v) is 20.9. The molecule has 7 heteroatoms. The van der Waals surface area contributed by atoms with E-state index in [-0.39, 0.29) is 24.4 Å². The van der Waals surface area contributed by atoms with Crippen LogP contribution in [0.3, 0.4) is 0 Å². The summed E-state index contributed by atoms with van der Waals surface area (Å²) in [5, 5.41) is 2.92. The maximum absolute atomic E-state index is 13.2. The number of benzene rings is 3. The van der Waals surface area contributed by atoms with Crippen LogP contribution >= 0.6 is 0 Å². The van der Waals surface area contributed by atoms with Crippen LogP contribution in [0.25, 0.3) is 16.9 Å². The molecule has 1 aromatic heterocycles. The molecule has 2 amide bonds. The fraction of sp³-hybridized carbons (Fsp3) is 0.207. The number of hydrogen-bond donors (Lipinski definition) is 1. The van der Waals surface area contributed by atoms with Gasteiger partial charge >= 0.3 is 0 Å². The van der Waals surface area contributed by atoms with E-state index < -0.39 is 0 Å². The van der Waals surface area contributed by atoms with E-state index in [4.69, 9.17) is 9.72 Å². The fourth-order valence-electron chi connectivity index (χ4n) is 3.83. The molecule has 0 atom stereocenters. The summed E-state index contributed by atoms with van der Waals surface area (Å²) in [4.78, 5) is 32.6. The predicted molar refractivity (Wildman–Crippen MR) is 142 cm³/mol. The zero-order valence-electron chi connectivity index (χ0n) is 20.9. The Morgan fingerprint density at radius 3 is 2.25 bits per heavy atom. The average molecular weight is 483 g/mol. The smallest absolute Gasteiger partial charge is 0.254 e. The first-order valence-corrected chi connectivity index (χ1v) is 11.8. The first-order chi connectivity index (χ1) is 17.4. The Balaban J connectivity index is 1.59. The Morgan fingerprint density at radius 1 is 0.972 bits per heavy atom. The Kier molecular flexibility index (Phi) is 7.49. The van der Waals surface area contributed by atoms with Gasteiger partial charge in [-0.15, -0.1) is 0 Å². The topological polar surface area (TPSA) is 76.5 Å². The molecule has 7 nitrogen and oxygen atoms in total. The van der Waals surface area contributed by atoms with Crippen LogP contribution in [0.1, 0.15) is 29.8 Å². The normalized spacial score (nSPS) is 10.8. The van der Waals surface area contributed by atoms with Crippen LogP contribution < -0.4 is 10.1 Å². The highest BCUT2D eigenvalue weighted by Gasteiger charge is 2.23. The molecule has 184 valence electrons. The highest BCUT2D eigenvalue weighted by molar-refractivity contribution is 5.99. The van der Waals surface area contributed by atoms with Crippen LogP contribution in [0.5, 0.6) is 5.75 Å². The minimum atomic E-state index is -0.330. The molecule has 1 N–H and O–H groups in total. The number of nitrogens with zero attached hydrogens (tertiary/aromatic N) is 3. The van der Waals surface area contributed by atoms with Crippen molar-refractivity contribution in [2.45, 2.75) is 26.8 Å². The van der Waals surface area contributed by atoms with Crippen molar-refractivity contribution in [1.29, 1.82) is 0 Å². The second-order valence-electron chi connectivity index (χ2n) is 8.82. The summed E-state index contributed by atoms with van der Waals surface area (Å²) in [6, 6.07) is 24.5. The minimum Gasteiger partial charge on any atom is -0.497 e. The van der Waals surface area contributed by atoms with Crippen molar-refractivity contribution >= 4 is 17.8 Å². The van der Waals surface area contributed by atoms with Gasteiger partial charge < -0.3 is 9.64 Å². The Labute approximate surface area is 211 Å². The van der Waals surface area contributed by atoms with Crippen molar-refractivity contribution in [2.24, 2.45) is 0 Å². The molecular formula is C29H30N4O3. The molecule has 0 aliphatic heterocycles. The van der Waals surface area contributed by atoms with E-state index in [0.717, 1.165) is 22.5 Å². The number of imidazole rings is 1. The first kappa shape index (κ1) is 24.7. The monoisotopic (exact) mass is 482 g/mol. The van der Waals surface area contributed by atoms with Crippen molar-refractivity contribution in [1.82, 2.24) is 14.5 Å². The second kappa shape index (κ2) is 10.9. The standard InChI is InChI=1S/C29H30N4O3/c1-20(2)32(28(35)23-12-16-25(36-4)17-13-23)19-27(34)31-29-30-26(22-8-6-5-7-9-22)18-33(29)24-14-10-21(3)11-15-24/h5-18,20H,19H2,1-4H3,(H,30,31,34). The SMILES string of the molecule is COc1ccc(C(=O)N(CC(=O)Nc2nc(-c3ccccc3)cn2-c2ccc(C)cc2)C(C)C)cc1. The van der Waals surface area contributed by atoms with Gasteiger partial charge in [0.05, 0.1) is 12.8 Å². The van der Waals surface area contributed by atoms with E-state index in [1.54, 1.807) is 31.4 Å². The number of methoxy groups -OCH3 is 1. The highest BCUT2D eigenvalue weighted by Crippen LogP contribution is 2.24. The molecule has 1 heterocycles. The number of aryl methyl sites for hydroxylation is 1. The number of aromatic nitrogens is 2. The average Bonchev–Trinajstić information content (AvgIpc) is 3.31. The third-order valence-electron chi connectivity index (χ3n) is 5.87. The van der Waals surface area contributed by atoms with Crippen LogP contribution in [0, 0.1) is 6.92 Å². The van der Waals surface area contributed by atoms with Gasteiger partial charge in [-0.2, -0.15) is 0 Å². The van der Waals surface area contributed by atoms with Crippen LogP contribution in [-0.2, 0) is 4.79 Å². The zero-order chi connectivity index (χ0) is 25.7. The number of ether oxygens (including phenoxy) is 1. The largest absolute Gasteiger partial charge is 0.497 e. The van der Waals surface area contributed by atoms with Crippen molar-refractivity contribution in [3.8, 4) is 22.7 Å². The maximum atomic E-state index is 13.2. The van der Waals surface area contributed by atoms with Gasteiger partial charge in [-0.25, -0.2) is 4.98 Å². The fourth-order valence-corrected chi connectivity index (χ4v) is 3.83. The quantitative estimate of drug-likeness (QED) is 0.368. The molecule has 0 aliphatic rings. The Hall–Kier alpha value is -4.39. The van der Waals surface area contributed by atoms with Gasteiger partial charge in [0, 0.05) is 29.1 Å². The van der Waals surface area contributed by atoms with Gasteiger partial charge in [-0.05, 0) is 57.2 Å². The van der Waals surface area contributed by atoms with Gasteiger partial charge in [0.1, 0.15) is 12.3 Å². The molecule has 0 spiro atoms. The summed E-state index contributed by atoms with van der Waals surface area (Å²) in [5.74, 6) is 0.500. The molecule has 0 saturated heterocycles. The molecule has 0 radical (unpaired) electrons. The lowest BCUT2D eigenvalue weighted by Gasteiger charge is -2.26. The molecule has 0 bridgehead atoms. The lowest BCUT2D eigenvalue weighted by molar-refractivity contribution is -0.117. The third kappa shape index (κ3) is 5.63. The van der Waals surface area contributed by atoms with E-state index in [1.165, 1.54) is 4.90 Å². The lowest BCUT2D eigenvalue weighted by atomic mass is 10.1. The lowest BCUT2D eigenvalue weighted by Crippen LogP contribution is -2.42. The van der Waals surface area contributed by atoms with E-state index in [1.807, 2.05) is 86.1 Å². The van der Waals surface area contributed by atoms with Crippen LogP contribution in [0.2, 0.25) is 0 Å². The van der Waals surface area contributed by atoms with Crippen molar-refractivity contribution in [3.05, 3.63) is 96.2 Å². The summed E-state index contributed by atoms with van der Waals surface area (Å²) in [5.41, 5.74) is 4.18. The molecular weight excluding hydrogens is 452 g/mol. The van der Waals surface area contributed by atoms with Crippen LogP contribution in [-0.4, -0.2) is 46.0 Å². The minimum absolute atomic E-state index is 0.107. The summed E-state index contributed by atoms with van der Waals surface area (Å²) < 4.78 is 7.03. The summed E-state index contributed by atoms with van der Waals surface area (Å²) in [7, 11) is 1.57. The van der Waals surface area contributed by atoms with Crippen LogP contribution in [0.4, 0.5) is 5.95 Å². The molecule has 0 fully saturated rings. The molecule has 0 aliphatic carbocycles. The van der Waals surface area contributed by atoms with E-state index in [0.29, 0.717) is 17.3 Å². The number of anilines is 1. The van der Waals surface area contributed by atoms with Gasteiger partial charge in [0.25, 0.3) is 5.91 Å². The first-order valence-electron chi connectivity index (χ1n) is 11.8. The Bertz CT molecular complexity index is 1330. The third-order valence-corrected chi connectivity index (χ3v) is 5.87. The molecule has 4 aromatic rings. The van der Waals surface area contributed by atoms with Gasteiger partial charge in [-0.1, -0.05) is 48.0 Å². The maximum Gasteiger partial charge on any atom is 0.254 e. The molecule has 36 heavy (non-hydrogen) atoms. The van der Waals surface area contributed by atoms with E-state index in [9.17, 15) is 9.59 Å². The van der Waals surface area contributed by atoms with E-state index in [2.05, 4.69) is 5.32 Å². The summed E-state index contributed by atoms with van der Waals surface area (Å²) in [6.45, 7) is 5.69. The summed E-state index contributed by atoms with van der Waals surface area (Å²) >= 11 is 0. The molecule has 3 aromatic carbocycles. The van der Waals surface area contributed by atoms with Gasteiger partial charge in [-0.3, -0.25) is 19.5 Å². The Morgan fingerprint density at radius 2 is 1.64 bits per heavy atom. The number of carbonyl (C=O) groups excluding carboxylic acids is 2. The molecule has 4 rings (SSSR count).